The maximum absolute atomic E-state index is 12.6. The second kappa shape index (κ2) is 6.92. The number of non-ortho nitro benzene ring substituents is 2. The third-order valence-electron chi connectivity index (χ3n) is 2.99. The summed E-state index contributed by atoms with van der Waals surface area (Å²) < 4.78 is 37.7. The Kier molecular flexibility index (Phi) is 5.07. The molecule has 0 fully saturated rings. The zero-order valence-electron chi connectivity index (χ0n) is 12.3. The summed E-state index contributed by atoms with van der Waals surface area (Å²) in [5, 5.41) is 23.1. The molecule has 2 rings (SSSR count). The van der Waals surface area contributed by atoms with E-state index in [2.05, 4.69) is 4.98 Å². The van der Waals surface area contributed by atoms with E-state index in [1.807, 2.05) is 5.32 Å². The number of anilines is 1. The Morgan fingerprint density at radius 3 is 2.04 bits per heavy atom. The number of carbonyl (C=O) groups is 1. The molecule has 0 aliphatic rings. The molecule has 1 aromatic heterocycles. The molecule has 26 heavy (non-hydrogen) atoms. The molecule has 2 aromatic rings. The normalized spacial score (nSPS) is 11.1. The summed E-state index contributed by atoms with van der Waals surface area (Å²) in [5.74, 6) is -1.52. The maximum atomic E-state index is 12.6. The molecule has 0 radical (unpaired) electrons. The van der Waals surface area contributed by atoms with Gasteiger partial charge in [0.1, 0.15) is 0 Å². The van der Waals surface area contributed by atoms with E-state index in [-0.39, 0.29) is 0 Å². The van der Waals surface area contributed by atoms with Crippen molar-refractivity contribution in [2.75, 3.05) is 5.32 Å². The molecule has 1 heterocycles. The van der Waals surface area contributed by atoms with Crippen LogP contribution in [0, 0.1) is 20.2 Å². The van der Waals surface area contributed by atoms with Crippen molar-refractivity contribution in [2.45, 2.75) is 6.18 Å². The van der Waals surface area contributed by atoms with E-state index in [1.165, 1.54) is 0 Å². The number of carbonyl (C=O) groups excluding carboxylic acids is 1. The van der Waals surface area contributed by atoms with Crippen molar-refractivity contribution in [2.24, 2.45) is 0 Å². The highest BCUT2D eigenvalue weighted by Crippen LogP contribution is 2.32. The van der Waals surface area contributed by atoms with Gasteiger partial charge in [0.05, 0.1) is 32.1 Å². The molecule has 0 aliphatic heterocycles. The third-order valence-corrected chi connectivity index (χ3v) is 3.27. The first-order chi connectivity index (χ1) is 12.0. The maximum Gasteiger partial charge on any atom is 0.417 e. The number of benzene rings is 1. The fraction of sp³-hybridized carbons (Fsp3) is 0.0769. The molecule has 9 nitrogen and oxygen atoms in total. The standard InChI is InChI=1S/C13H6ClF3N4O5/c14-10-3-7(13(15,16)17)5-18-11(10)19-12(22)6-1-8(20(23)24)4-9(2-6)21(25)26/h1-5H,(H,18,19,22). The van der Waals surface area contributed by atoms with E-state index in [9.17, 15) is 38.2 Å². The summed E-state index contributed by atoms with van der Waals surface area (Å²) in [6.07, 6.45) is -4.27. The van der Waals surface area contributed by atoms with Crippen molar-refractivity contribution in [1.29, 1.82) is 0 Å². The van der Waals surface area contributed by atoms with Gasteiger partial charge in [-0.1, -0.05) is 11.6 Å². The lowest BCUT2D eigenvalue weighted by atomic mass is 10.1. The first-order valence-corrected chi connectivity index (χ1v) is 6.85. The van der Waals surface area contributed by atoms with Crippen molar-refractivity contribution < 1.29 is 27.8 Å². The van der Waals surface area contributed by atoms with E-state index in [1.54, 1.807) is 0 Å². The van der Waals surface area contributed by atoms with Crippen molar-refractivity contribution in [3.05, 3.63) is 66.8 Å². The van der Waals surface area contributed by atoms with Crippen molar-refractivity contribution in [3.8, 4) is 0 Å². The second-order valence-electron chi connectivity index (χ2n) is 4.76. The highest BCUT2D eigenvalue weighted by atomic mass is 35.5. The predicted octanol–water partition coefficient (Wildman–Crippen LogP) is 3.82. The van der Waals surface area contributed by atoms with Crippen molar-refractivity contribution in [1.82, 2.24) is 4.98 Å². The van der Waals surface area contributed by atoms with Crippen LogP contribution in [-0.4, -0.2) is 20.7 Å². The van der Waals surface area contributed by atoms with Crippen molar-refractivity contribution in [3.63, 3.8) is 0 Å². The number of aromatic nitrogens is 1. The minimum atomic E-state index is -4.69. The number of alkyl halides is 3. The summed E-state index contributed by atoms with van der Waals surface area (Å²) in [4.78, 5) is 35.2. The van der Waals surface area contributed by atoms with Crippen molar-refractivity contribution >= 4 is 34.7 Å². The summed E-state index contributed by atoms with van der Waals surface area (Å²) in [6, 6.07) is 2.71. The van der Waals surface area contributed by atoms with E-state index < -0.39 is 55.3 Å². The third kappa shape index (κ3) is 4.22. The number of hydrogen-bond donors (Lipinski definition) is 1. The number of nitro benzene ring substituents is 2. The fourth-order valence-corrected chi connectivity index (χ4v) is 2.02. The highest BCUT2D eigenvalue weighted by molar-refractivity contribution is 6.33. The fourth-order valence-electron chi connectivity index (χ4n) is 1.80. The van der Waals surface area contributed by atoms with Gasteiger partial charge >= 0.3 is 6.18 Å². The molecule has 13 heteroatoms. The van der Waals surface area contributed by atoms with Crippen LogP contribution in [0.15, 0.2) is 30.5 Å². The number of pyridine rings is 1. The number of amides is 1. The highest BCUT2D eigenvalue weighted by Gasteiger charge is 2.31. The molecule has 0 saturated heterocycles. The summed E-state index contributed by atoms with van der Waals surface area (Å²) >= 11 is 5.64. The predicted molar refractivity (Wildman–Crippen MR) is 82.0 cm³/mol. The van der Waals surface area contributed by atoms with Crippen LogP contribution in [0.3, 0.4) is 0 Å². The van der Waals surface area contributed by atoms with Gasteiger partial charge in [0.25, 0.3) is 17.3 Å². The van der Waals surface area contributed by atoms with E-state index >= 15 is 0 Å². The van der Waals surface area contributed by atoms with E-state index in [0.29, 0.717) is 18.3 Å². The average molecular weight is 391 g/mol. The van der Waals surface area contributed by atoms with Gasteiger partial charge in [0.15, 0.2) is 5.82 Å². The zero-order valence-corrected chi connectivity index (χ0v) is 13.0. The molecule has 1 aromatic carbocycles. The summed E-state index contributed by atoms with van der Waals surface area (Å²) in [7, 11) is 0. The first kappa shape index (κ1) is 19.1. The number of nitrogens with zero attached hydrogens (tertiary/aromatic N) is 3. The van der Waals surface area contributed by atoms with Gasteiger partial charge in [-0.2, -0.15) is 13.2 Å². The lowest BCUT2D eigenvalue weighted by molar-refractivity contribution is -0.394. The second-order valence-corrected chi connectivity index (χ2v) is 5.17. The number of rotatable bonds is 4. The largest absolute Gasteiger partial charge is 0.417 e. The molecule has 0 spiro atoms. The van der Waals surface area contributed by atoms with Gasteiger partial charge in [-0.05, 0) is 6.07 Å². The van der Waals surface area contributed by atoms with Crippen LogP contribution in [0.4, 0.5) is 30.4 Å². The monoisotopic (exact) mass is 390 g/mol. The van der Waals surface area contributed by atoms with E-state index in [4.69, 9.17) is 11.6 Å². The van der Waals surface area contributed by atoms with Crippen LogP contribution < -0.4 is 5.32 Å². The molecule has 1 N–H and O–H groups in total. The Labute approximate surface area is 146 Å². The molecule has 0 aliphatic carbocycles. The van der Waals surface area contributed by atoms with Gasteiger partial charge in [0.2, 0.25) is 0 Å². The molecular formula is C13H6ClF3N4O5. The summed E-state index contributed by atoms with van der Waals surface area (Å²) in [6.45, 7) is 0. The van der Waals surface area contributed by atoms with Gasteiger partial charge in [-0.25, -0.2) is 4.98 Å². The van der Waals surface area contributed by atoms with Gasteiger partial charge in [0, 0.05) is 18.3 Å². The average Bonchev–Trinajstić information content (AvgIpc) is 2.55. The molecule has 0 saturated carbocycles. The van der Waals surface area contributed by atoms with Gasteiger partial charge in [-0.3, -0.25) is 25.0 Å². The van der Waals surface area contributed by atoms with Gasteiger partial charge < -0.3 is 5.32 Å². The molecule has 0 atom stereocenters. The van der Waals surface area contributed by atoms with Crippen LogP contribution in [0.1, 0.15) is 15.9 Å². The minimum Gasteiger partial charge on any atom is -0.305 e. The number of nitro groups is 2. The Hall–Kier alpha value is -3.28. The number of nitrogens with one attached hydrogen (secondary N) is 1. The Bertz CT molecular complexity index is 887. The van der Waals surface area contributed by atoms with Crippen LogP contribution >= 0.6 is 11.6 Å². The van der Waals surface area contributed by atoms with E-state index in [0.717, 1.165) is 12.1 Å². The minimum absolute atomic E-state index is 0.428. The molecular weight excluding hydrogens is 385 g/mol. The quantitative estimate of drug-likeness (QED) is 0.624. The Morgan fingerprint density at radius 1 is 1.08 bits per heavy atom. The lowest BCUT2D eigenvalue weighted by Crippen LogP contribution is -2.15. The Morgan fingerprint density at radius 2 is 1.62 bits per heavy atom. The topological polar surface area (TPSA) is 128 Å². The Balaban J connectivity index is 2.36. The zero-order chi connectivity index (χ0) is 19.6. The van der Waals surface area contributed by atoms with Crippen LogP contribution in [0.5, 0.6) is 0 Å². The molecule has 0 bridgehead atoms. The molecule has 136 valence electrons. The SMILES string of the molecule is O=C(Nc1ncc(C(F)(F)F)cc1Cl)c1cc([N+](=O)[O-])cc([N+](=O)[O-])c1. The van der Waals surface area contributed by atoms with Gasteiger partial charge in [-0.15, -0.1) is 0 Å². The number of halogens is 4. The first-order valence-electron chi connectivity index (χ1n) is 6.47. The summed E-state index contributed by atoms with van der Waals surface area (Å²) in [5.41, 5.74) is -3.04. The van der Waals surface area contributed by atoms with Crippen LogP contribution in [-0.2, 0) is 6.18 Å². The lowest BCUT2D eigenvalue weighted by Gasteiger charge is -2.10. The van der Waals surface area contributed by atoms with Crippen LogP contribution in [0.25, 0.3) is 0 Å². The van der Waals surface area contributed by atoms with Crippen LogP contribution in [0.2, 0.25) is 5.02 Å². The molecule has 0 unspecified atom stereocenters. The molecule has 1 amide bonds. The number of hydrogen-bond acceptors (Lipinski definition) is 6. The smallest absolute Gasteiger partial charge is 0.305 e.